The van der Waals surface area contributed by atoms with Gasteiger partial charge in [0.1, 0.15) is 41.2 Å². The maximum atomic E-state index is 14.1. The number of anilines is 1. The summed E-state index contributed by atoms with van der Waals surface area (Å²) in [7, 11) is 0. The predicted octanol–water partition coefficient (Wildman–Crippen LogP) is 4.76. The molecule has 0 saturated carbocycles. The van der Waals surface area contributed by atoms with Gasteiger partial charge in [-0.15, -0.1) is 0 Å². The van der Waals surface area contributed by atoms with Crippen LogP contribution in [0.5, 0.6) is 5.75 Å². The molecule has 0 aliphatic carbocycles. The Morgan fingerprint density at radius 2 is 1.92 bits per heavy atom. The molecule has 1 aromatic carbocycles. The maximum Gasteiger partial charge on any atom is 0.408 e. The first kappa shape index (κ1) is 28.5. The van der Waals surface area contributed by atoms with Crippen LogP contribution in [0, 0.1) is 5.82 Å². The summed E-state index contributed by atoms with van der Waals surface area (Å²) in [6.07, 6.45) is -1.03. The van der Waals surface area contributed by atoms with Gasteiger partial charge < -0.3 is 24.8 Å². The van der Waals surface area contributed by atoms with E-state index in [4.69, 9.17) is 14.2 Å². The summed E-state index contributed by atoms with van der Waals surface area (Å²) < 4.78 is 58.3. The number of carbonyl (C=O) groups excluding carboxylic acids is 2. The number of halogens is 3. The number of esters is 1. The Morgan fingerprint density at radius 1 is 1.18 bits per heavy atom. The van der Waals surface area contributed by atoms with Gasteiger partial charge in [0.2, 0.25) is 0 Å². The lowest BCUT2D eigenvalue weighted by Gasteiger charge is -2.24. The van der Waals surface area contributed by atoms with Crippen LogP contribution >= 0.6 is 0 Å². The molecule has 1 amide bonds. The average Bonchev–Trinajstić information content (AvgIpc) is 3.24. The molecule has 3 aromatic rings. The highest BCUT2D eigenvalue weighted by atomic mass is 19.3. The van der Waals surface area contributed by atoms with Crippen molar-refractivity contribution < 1.29 is 37.0 Å². The van der Waals surface area contributed by atoms with Crippen molar-refractivity contribution in [3.8, 4) is 5.75 Å². The smallest absolute Gasteiger partial charge is 0.408 e. The quantitative estimate of drug-likeness (QED) is 0.356. The number of nitrogens with one attached hydrogen (secondary N) is 2. The largest absolute Gasteiger partial charge is 0.491 e. The summed E-state index contributed by atoms with van der Waals surface area (Å²) in [6.45, 7) is 7.80. The number of ether oxygens (including phenoxy) is 3. The molecule has 0 radical (unpaired) electrons. The van der Waals surface area contributed by atoms with Gasteiger partial charge in [0, 0.05) is 11.8 Å². The third-order valence-electron chi connectivity index (χ3n) is 5.09. The summed E-state index contributed by atoms with van der Waals surface area (Å²) in [5.41, 5.74) is -0.123. The Morgan fingerprint density at radius 3 is 2.58 bits per heavy atom. The minimum Gasteiger partial charge on any atom is -0.491 e. The highest BCUT2D eigenvalue weighted by Crippen LogP contribution is 2.29. The number of hydrogen-bond donors (Lipinski definition) is 2. The summed E-state index contributed by atoms with van der Waals surface area (Å²) >= 11 is 0. The van der Waals surface area contributed by atoms with Crippen LogP contribution in [0.15, 0.2) is 36.7 Å². The molecule has 2 N–H and O–H groups in total. The fourth-order valence-electron chi connectivity index (χ4n) is 3.41. The zero-order chi connectivity index (χ0) is 28.0. The number of rotatable bonds is 10. The van der Waals surface area contributed by atoms with E-state index in [1.807, 2.05) is 0 Å². The van der Waals surface area contributed by atoms with Crippen molar-refractivity contribution in [2.75, 3.05) is 18.5 Å². The Kier molecular flexibility index (Phi) is 9.02. The second-order valence-corrected chi connectivity index (χ2v) is 9.31. The molecule has 0 bridgehead atoms. The van der Waals surface area contributed by atoms with Crippen LogP contribution in [0.2, 0.25) is 0 Å². The van der Waals surface area contributed by atoms with E-state index < -0.39 is 48.6 Å². The van der Waals surface area contributed by atoms with E-state index in [1.165, 1.54) is 22.8 Å². The van der Waals surface area contributed by atoms with Crippen molar-refractivity contribution in [2.24, 2.45) is 0 Å². The van der Waals surface area contributed by atoms with Crippen LogP contribution in [0.1, 0.15) is 56.6 Å². The third-order valence-corrected chi connectivity index (χ3v) is 5.09. The number of fused-ring (bicyclic) bond motifs is 1. The van der Waals surface area contributed by atoms with Crippen LogP contribution in [0.4, 0.5) is 23.8 Å². The van der Waals surface area contributed by atoms with Gasteiger partial charge in [-0.2, -0.15) is 5.10 Å². The predicted molar refractivity (Wildman–Crippen MR) is 132 cm³/mol. The van der Waals surface area contributed by atoms with Crippen LogP contribution in [-0.2, 0) is 9.47 Å². The molecule has 0 saturated heterocycles. The molecule has 2 heterocycles. The second kappa shape index (κ2) is 12.0. The number of nitrogens with zero attached hydrogens (tertiary/aromatic N) is 3. The first-order chi connectivity index (χ1) is 17.9. The van der Waals surface area contributed by atoms with Crippen molar-refractivity contribution in [3.05, 3.63) is 53.6 Å². The van der Waals surface area contributed by atoms with E-state index in [2.05, 4.69) is 20.7 Å². The van der Waals surface area contributed by atoms with Crippen molar-refractivity contribution in [2.45, 2.75) is 58.7 Å². The normalized spacial score (nSPS) is 13.2. The Hall–Kier alpha value is -4.03. The maximum absolute atomic E-state index is 14.1. The molecule has 10 nitrogen and oxygen atoms in total. The molecule has 2 aromatic heterocycles. The van der Waals surface area contributed by atoms with Gasteiger partial charge in [0.25, 0.3) is 6.43 Å². The summed E-state index contributed by atoms with van der Waals surface area (Å²) in [5.74, 6) is -0.680. The lowest BCUT2D eigenvalue weighted by Crippen LogP contribution is -2.46. The zero-order valence-electron chi connectivity index (χ0n) is 21.6. The molecule has 0 aliphatic rings. The van der Waals surface area contributed by atoms with Gasteiger partial charge in [0.05, 0.1) is 18.8 Å². The van der Waals surface area contributed by atoms with Gasteiger partial charge in [-0.05, 0) is 58.9 Å². The number of amides is 1. The highest BCUT2D eigenvalue weighted by Gasteiger charge is 2.27. The lowest BCUT2D eigenvalue weighted by molar-refractivity contribution is 0.0299. The van der Waals surface area contributed by atoms with Gasteiger partial charge in [0.15, 0.2) is 5.65 Å². The molecular formula is C25H30F3N5O5. The molecule has 0 unspecified atom stereocenters. The topological polar surface area (TPSA) is 116 Å². The van der Waals surface area contributed by atoms with Crippen molar-refractivity contribution in [3.63, 3.8) is 0 Å². The van der Waals surface area contributed by atoms with Crippen LogP contribution < -0.4 is 15.4 Å². The molecular weight excluding hydrogens is 507 g/mol. The second-order valence-electron chi connectivity index (χ2n) is 9.31. The van der Waals surface area contributed by atoms with Crippen molar-refractivity contribution in [1.82, 2.24) is 19.9 Å². The van der Waals surface area contributed by atoms with Crippen molar-refractivity contribution in [1.29, 1.82) is 0 Å². The van der Waals surface area contributed by atoms with Gasteiger partial charge in [-0.25, -0.2) is 32.3 Å². The Balaban J connectivity index is 1.77. The van der Waals surface area contributed by atoms with Crippen molar-refractivity contribution >= 4 is 23.5 Å². The Bertz CT molecular complexity index is 1280. The fraction of sp³-hybridized carbons (Fsp3) is 0.440. The summed E-state index contributed by atoms with van der Waals surface area (Å²) in [5, 5.41) is 9.26. The molecule has 0 aliphatic heterocycles. The molecule has 206 valence electrons. The number of hydrogen-bond acceptors (Lipinski definition) is 8. The molecule has 2 atom stereocenters. The number of aromatic nitrogens is 3. The van der Waals surface area contributed by atoms with E-state index in [1.54, 1.807) is 46.9 Å². The number of benzene rings is 1. The standard InChI is InChI=1S/C25H30F3N5O5/c1-6-36-23(34)17-12-29-33-10-9-20(32-22(17)33)30-14(2)16-11-15(26)7-8-19(16)37-13-18(21(27)28)31-24(35)38-25(3,4)5/h7-12,14,18,21H,6,13H2,1-5H3,(H,30,32)(H,31,35)/t14-,18-/m1/s1. The first-order valence-electron chi connectivity index (χ1n) is 11.9. The SMILES string of the molecule is CCOC(=O)c1cnn2ccc(N[C@H](C)c3cc(F)ccc3OC[C@@H](NC(=O)OC(C)(C)C)C(F)F)nc12. The third kappa shape index (κ3) is 7.49. The number of alkyl carbamates (subject to hydrolysis) is 1. The number of alkyl halides is 2. The number of carbonyl (C=O) groups is 2. The molecule has 38 heavy (non-hydrogen) atoms. The van der Waals surface area contributed by atoms with Crippen LogP contribution in [0.3, 0.4) is 0 Å². The highest BCUT2D eigenvalue weighted by molar-refractivity contribution is 5.95. The fourth-order valence-corrected chi connectivity index (χ4v) is 3.41. The van der Waals surface area contributed by atoms with Gasteiger partial charge in [-0.3, -0.25) is 0 Å². The summed E-state index contributed by atoms with van der Waals surface area (Å²) in [6, 6.07) is 2.97. The molecule has 3 rings (SSSR count). The van der Waals surface area contributed by atoms with E-state index in [-0.39, 0.29) is 23.6 Å². The average molecular weight is 538 g/mol. The monoisotopic (exact) mass is 537 g/mol. The van der Waals surface area contributed by atoms with Crippen LogP contribution in [0.25, 0.3) is 5.65 Å². The Labute approximate surface area is 217 Å². The molecule has 0 spiro atoms. The lowest BCUT2D eigenvalue weighted by atomic mass is 10.1. The van der Waals surface area contributed by atoms with Gasteiger partial charge >= 0.3 is 12.1 Å². The summed E-state index contributed by atoms with van der Waals surface area (Å²) in [4.78, 5) is 28.6. The van der Waals surface area contributed by atoms with Gasteiger partial charge in [-0.1, -0.05) is 0 Å². The molecule has 0 fully saturated rings. The van der Waals surface area contributed by atoms with Crippen LogP contribution in [-0.4, -0.2) is 57.9 Å². The van der Waals surface area contributed by atoms with E-state index >= 15 is 0 Å². The zero-order valence-corrected chi connectivity index (χ0v) is 21.6. The van der Waals surface area contributed by atoms with E-state index in [0.717, 1.165) is 6.07 Å². The van der Waals surface area contributed by atoms with E-state index in [0.29, 0.717) is 11.4 Å². The minimum atomic E-state index is -2.94. The first-order valence-corrected chi connectivity index (χ1v) is 11.9. The molecule has 13 heteroatoms. The van der Waals surface area contributed by atoms with E-state index in [9.17, 15) is 22.8 Å². The minimum absolute atomic E-state index is 0.126.